The van der Waals surface area contributed by atoms with Gasteiger partial charge in [0.15, 0.2) is 0 Å². The number of fused-ring (bicyclic) bond motifs is 1. The molecule has 1 unspecified atom stereocenters. The average Bonchev–Trinajstić information content (AvgIpc) is 2.81. The fourth-order valence-electron chi connectivity index (χ4n) is 3.87. The number of hydrogen-bond acceptors (Lipinski definition) is 2. The van der Waals surface area contributed by atoms with Crippen LogP contribution >= 0.6 is 0 Å². The second kappa shape index (κ2) is 4.77. The molecule has 110 valence electrons. The maximum absolute atomic E-state index is 5.73. The van der Waals surface area contributed by atoms with Gasteiger partial charge in [-0.1, -0.05) is 45.9 Å². The predicted molar refractivity (Wildman–Crippen MR) is 83.2 cm³/mol. The van der Waals surface area contributed by atoms with E-state index in [0.29, 0.717) is 16.7 Å². The van der Waals surface area contributed by atoms with Gasteiger partial charge in [0.1, 0.15) is 5.75 Å². The number of ether oxygens (including phenoxy) is 1. The first kappa shape index (κ1) is 13.9. The zero-order valence-electron chi connectivity index (χ0n) is 13.2. The summed E-state index contributed by atoms with van der Waals surface area (Å²) in [4.78, 5) is 0. The Kier molecular flexibility index (Phi) is 3.32. The van der Waals surface area contributed by atoms with E-state index in [1.165, 1.54) is 5.56 Å². The molecule has 1 fully saturated rings. The predicted octanol–water partition coefficient (Wildman–Crippen LogP) is 3.82. The summed E-state index contributed by atoms with van der Waals surface area (Å²) in [5, 5.41) is 3.71. The van der Waals surface area contributed by atoms with E-state index in [4.69, 9.17) is 4.74 Å². The van der Waals surface area contributed by atoms with Crippen molar-refractivity contribution in [2.75, 3.05) is 19.7 Å². The van der Waals surface area contributed by atoms with Crippen LogP contribution in [0.15, 0.2) is 24.3 Å². The second-order valence-electron chi connectivity index (χ2n) is 7.53. The Balaban J connectivity index is 1.56. The van der Waals surface area contributed by atoms with Crippen molar-refractivity contribution >= 4 is 0 Å². The Hall–Kier alpha value is -1.02. The van der Waals surface area contributed by atoms with Crippen molar-refractivity contribution in [2.45, 2.75) is 40.0 Å². The van der Waals surface area contributed by atoms with E-state index >= 15 is 0 Å². The van der Waals surface area contributed by atoms with Crippen molar-refractivity contribution in [2.24, 2.45) is 16.7 Å². The third kappa shape index (κ3) is 2.14. The lowest BCUT2D eigenvalue weighted by Gasteiger charge is -2.26. The van der Waals surface area contributed by atoms with E-state index in [1.807, 2.05) is 0 Å². The van der Waals surface area contributed by atoms with Crippen molar-refractivity contribution in [3.63, 3.8) is 0 Å². The third-order valence-electron chi connectivity index (χ3n) is 6.14. The van der Waals surface area contributed by atoms with Crippen molar-refractivity contribution in [1.29, 1.82) is 0 Å². The van der Waals surface area contributed by atoms with Crippen LogP contribution in [0.25, 0.3) is 0 Å². The van der Waals surface area contributed by atoms with Gasteiger partial charge in [0.25, 0.3) is 0 Å². The molecule has 1 atom stereocenters. The van der Waals surface area contributed by atoms with Gasteiger partial charge in [0.05, 0.1) is 6.61 Å². The first-order valence-electron chi connectivity index (χ1n) is 7.87. The van der Waals surface area contributed by atoms with Crippen molar-refractivity contribution < 1.29 is 4.74 Å². The number of benzene rings is 1. The normalized spacial score (nSPS) is 26.7. The van der Waals surface area contributed by atoms with Crippen molar-refractivity contribution in [3.8, 4) is 5.75 Å². The van der Waals surface area contributed by atoms with E-state index in [9.17, 15) is 0 Å². The van der Waals surface area contributed by atoms with Gasteiger partial charge in [-0.15, -0.1) is 0 Å². The standard InChI is InChI=1S/C18H27NO/c1-17(2)16(18(17,3)4)12-19-11-13-9-10-20-15-8-6-5-7-14(13)15/h5-8,13,16,19H,9-12H2,1-4H3. The molecule has 0 spiro atoms. The summed E-state index contributed by atoms with van der Waals surface area (Å²) in [5.74, 6) is 2.48. The van der Waals surface area contributed by atoms with Gasteiger partial charge in [0.2, 0.25) is 0 Å². The summed E-state index contributed by atoms with van der Waals surface area (Å²) in [6.45, 7) is 12.6. The maximum atomic E-state index is 5.73. The largest absolute Gasteiger partial charge is 0.493 e. The van der Waals surface area contributed by atoms with Gasteiger partial charge in [-0.05, 0) is 41.3 Å². The molecule has 1 saturated carbocycles. The molecule has 1 aliphatic heterocycles. The minimum Gasteiger partial charge on any atom is -0.493 e. The molecule has 1 N–H and O–H groups in total. The molecule has 0 saturated heterocycles. The highest BCUT2D eigenvalue weighted by molar-refractivity contribution is 5.37. The van der Waals surface area contributed by atoms with E-state index < -0.39 is 0 Å². The lowest BCUT2D eigenvalue weighted by atomic mass is 9.93. The molecule has 0 amide bonds. The summed E-state index contributed by atoms with van der Waals surface area (Å²) in [6, 6.07) is 8.48. The number of rotatable bonds is 4. The molecule has 0 bridgehead atoms. The molecule has 20 heavy (non-hydrogen) atoms. The van der Waals surface area contributed by atoms with Crippen LogP contribution in [0.2, 0.25) is 0 Å². The quantitative estimate of drug-likeness (QED) is 0.900. The molecule has 1 aliphatic carbocycles. The molecule has 2 nitrogen and oxygen atoms in total. The summed E-state index contributed by atoms with van der Waals surface area (Å²) in [7, 11) is 0. The SMILES string of the molecule is CC1(C)C(CNCC2CCOc3ccccc32)C1(C)C. The van der Waals surface area contributed by atoms with Crippen LogP contribution in [0.4, 0.5) is 0 Å². The monoisotopic (exact) mass is 273 g/mol. The summed E-state index contributed by atoms with van der Waals surface area (Å²) < 4.78 is 5.73. The van der Waals surface area contributed by atoms with Crippen LogP contribution in [-0.2, 0) is 0 Å². The molecule has 1 aromatic rings. The highest BCUT2D eigenvalue weighted by atomic mass is 16.5. The molecule has 1 heterocycles. The highest BCUT2D eigenvalue weighted by Gasteiger charge is 2.63. The van der Waals surface area contributed by atoms with Crippen LogP contribution in [0, 0.1) is 16.7 Å². The van der Waals surface area contributed by atoms with Gasteiger partial charge in [-0.3, -0.25) is 0 Å². The molecule has 2 aliphatic rings. The number of para-hydroxylation sites is 1. The van der Waals surface area contributed by atoms with Gasteiger partial charge < -0.3 is 10.1 Å². The molecule has 0 aromatic heterocycles. The van der Waals surface area contributed by atoms with Crippen LogP contribution < -0.4 is 10.1 Å². The first-order chi connectivity index (χ1) is 9.44. The Morgan fingerprint density at radius 3 is 2.50 bits per heavy atom. The minimum atomic E-state index is 0.480. The Morgan fingerprint density at radius 2 is 1.80 bits per heavy atom. The van der Waals surface area contributed by atoms with Crippen LogP contribution in [0.1, 0.15) is 45.6 Å². The van der Waals surface area contributed by atoms with Gasteiger partial charge in [-0.25, -0.2) is 0 Å². The fourth-order valence-corrected chi connectivity index (χ4v) is 3.87. The number of nitrogens with one attached hydrogen (secondary N) is 1. The molecular weight excluding hydrogens is 246 g/mol. The van der Waals surface area contributed by atoms with Gasteiger partial charge in [-0.2, -0.15) is 0 Å². The van der Waals surface area contributed by atoms with Crippen molar-refractivity contribution in [1.82, 2.24) is 5.32 Å². The van der Waals surface area contributed by atoms with E-state index in [-0.39, 0.29) is 0 Å². The molecule has 2 heteroatoms. The van der Waals surface area contributed by atoms with Crippen LogP contribution in [-0.4, -0.2) is 19.7 Å². The van der Waals surface area contributed by atoms with E-state index in [0.717, 1.165) is 37.8 Å². The fraction of sp³-hybridized carbons (Fsp3) is 0.667. The van der Waals surface area contributed by atoms with Gasteiger partial charge in [0, 0.05) is 12.5 Å². The molecular formula is C18H27NO. The van der Waals surface area contributed by atoms with E-state index in [1.54, 1.807) is 0 Å². The Bertz CT molecular complexity index is 478. The van der Waals surface area contributed by atoms with Crippen molar-refractivity contribution in [3.05, 3.63) is 29.8 Å². The smallest absolute Gasteiger partial charge is 0.122 e. The highest BCUT2D eigenvalue weighted by Crippen LogP contribution is 2.67. The molecule has 3 rings (SSSR count). The van der Waals surface area contributed by atoms with Crippen LogP contribution in [0.5, 0.6) is 5.75 Å². The molecule has 1 aromatic carbocycles. The Labute approximate surface area is 122 Å². The topological polar surface area (TPSA) is 21.3 Å². The van der Waals surface area contributed by atoms with Crippen LogP contribution in [0.3, 0.4) is 0 Å². The lowest BCUT2D eigenvalue weighted by molar-refractivity contribution is 0.264. The zero-order chi connectivity index (χ0) is 14.4. The lowest BCUT2D eigenvalue weighted by Crippen LogP contribution is -2.28. The molecule has 0 radical (unpaired) electrons. The summed E-state index contributed by atoms with van der Waals surface area (Å²) in [5.41, 5.74) is 2.34. The second-order valence-corrected chi connectivity index (χ2v) is 7.53. The van der Waals surface area contributed by atoms with Gasteiger partial charge >= 0.3 is 0 Å². The zero-order valence-corrected chi connectivity index (χ0v) is 13.2. The Morgan fingerprint density at radius 1 is 1.10 bits per heavy atom. The minimum absolute atomic E-state index is 0.480. The average molecular weight is 273 g/mol. The first-order valence-corrected chi connectivity index (χ1v) is 7.87. The maximum Gasteiger partial charge on any atom is 0.122 e. The van der Waals surface area contributed by atoms with E-state index in [2.05, 4.69) is 57.3 Å². The summed E-state index contributed by atoms with van der Waals surface area (Å²) in [6.07, 6.45) is 1.13. The summed E-state index contributed by atoms with van der Waals surface area (Å²) >= 11 is 0. The third-order valence-corrected chi connectivity index (χ3v) is 6.14. The number of hydrogen-bond donors (Lipinski definition) is 1.